The highest BCUT2D eigenvalue weighted by Gasteiger charge is 2.20. The first-order valence-corrected chi connectivity index (χ1v) is 6.65. The Bertz CT molecular complexity index is 553. The Balaban J connectivity index is 3.15. The van der Waals surface area contributed by atoms with Gasteiger partial charge in [0.2, 0.25) is 10.0 Å². The van der Waals surface area contributed by atoms with Crippen molar-refractivity contribution in [3.8, 4) is 0 Å². The highest BCUT2D eigenvalue weighted by atomic mass is 32.2. The summed E-state index contributed by atoms with van der Waals surface area (Å²) in [7, 11) is -3.86. The minimum atomic E-state index is -3.86. The van der Waals surface area contributed by atoms with Crippen LogP contribution in [0.3, 0.4) is 0 Å². The summed E-state index contributed by atoms with van der Waals surface area (Å²) < 4.78 is 26.0. The second kappa shape index (κ2) is 5.42. The van der Waals surface area contributed by atoms with Crippen LogP contribution < -0.4 is 4.72 Å². The second-order valence-electron chi connectivity index (χ2n) is 3.91. The number of nitrogens with one attached hydrogen (secondary N) is 1. The molecule has 0 radical (unpaired) electrons. The van der Waals surface area contributed by atoms with E-state index in [9.17, 15) is 18.5 Å². The molecule has 0 heterocycles. The molecule has 1 aromatic rings. The zero-order valence-corrected chi connectivity index (χ0v) is 10.8. The van der Waals surface area contributed by atoms with Crippen molar-refractivity contribution in [2.45, 2.75) is 24.8 Å². The number of aliphatic hydroxyl groups excluding tert-OH is 1. The lowest BCUT2D eigenvalue weighted by atomic mass is 10.2. The minimum Gasteiger partial charge on any atom is -0.392 e. The van der Waals surface area contributed by atoms with E-state index in [1.54, 1.807) is 6.92 Å². The lowest BCUT2D eigenvalue weighted by Gasteiger charge is -2.10. The molecule has 1 aromatic carbocycles. The predicted molar refractivity (Wildman–Crippen MR) is 64.7 cm³/mol. The number of aliphatic hydroxyl groups is 1. The first-order valence-electron chi connectivity index (χ1n) is 5.17. The normalized spacial score (nSPS) is 13.3. The van der Waals surface area contributed by atoms with Crippen molar-refractivity contribution >= 4 is 15.7 Å². The van der Waals surface area contributed by atoms with Crippen molar-refractivity contribution in [1.29, 1.82) is 0 Å². The predicted octanol–water partition coefficient (Wildman–Crippen LogP) is 0.562. The van der Waals surface area contributed by atoms with E-state index in [1.165, 1.54) is 19.1 Å². The number of hydrogen-bond acceptors (Lipinski definition) is 5. The Kier molecular flexibility index (Phi) is 4.38. The van der Waals surface area contributed by atoms with Crippen molar-refractivity contribution < 1.29 is 18.4 Å². The average molecular weight is 274 g/mol. The topological polar surface area (TPSA) is 110 Å². The van der Waals surface area contributed by atoms with Crippen LogP contribution in [-0.4, -0.2) is 31.1 Å². The van der Waals surface area contributed by atoms with Gasteiger partial charge in [0.25, 0.3) is 5.69 Å². The summed E-state index contributed by atoms with van der Waals surface area (Å²) in [4.78, 5) is 9.79. The lowest BCUT2D eigenvalue weighted by molar-refractivity contribution is -0.385. The Morgan fingerprint density at radius 2 is 2.11 bits per heavy atom. The van der Waals surface area contributed by atoms with Gasteiger partial charge in [-0.05, 0) is 19.4 Å². The highest BCUT2D eigenvalue weighted by Crippen LogP contribution is 2.21. The molecule has 0 amide bonds. The van der Waals surface area contributed by atoms with Gasteiger partial charge in [-0.3, -0.25) is 10.1 Å². The fourth-order valence-electron chi connectivity index (χ4n) is 1.30. The highest BCUT2D eigenvalue weighted by molar-refractivity contribution is 7.89. The molecule has 0 fully saturated rings. The van der Waals surface area contributed by atoms with E-state index in [4.69, 9.17) is 5.11 Å². The lowest BCUT2D eigenvalue weighted by Crippen LogP contribution is -2.31. The van der Waals surface area contributed by atoms with E-state index in [-0.39, 0.29) is 17.1 Å². The van der Waals surface area contributed by atoms with Crippen molar-refractivity contribution in [2.24, 2.45) is 0 Å². The smallest absolute Gasteiger partial charge is 0.270 e. The third kappa shape index (κ3) is 3.49. The van der Waals surface area contributed by atoms with Crippen LogP contribution >= 0.6 is 0 Å². The summed E-state index contributed by atoms with van der Waals surface area (Å²) >= 11 is 0. The van der Waals surface area contributed by atoms with E-state index >= 15 is 0 Å². The fraction of sp³-hybridized carbons (Fsp3) is 0.400. The van der Waals surface area contributed by atoms with Gasteiger partial charge in [-0.2, -0.15) is 0 Å². The quantitative estimate of drug-likeness (QED) is 0.602. The van der Waals surface area contributed by atoms with Crippen LogP contribution in [0.15, 0.2) is 23.1 Å². The Morgan fingerprint density at radius 1 is 1.50 bits per heavy atom. The van der Waals surface area contributed by atoms with E-state index in [1.807, 2.05) is 0 Å². The molecule has 100 valence electrons. The molecule has 0 bridgehead atoms. The molecule has 1 rings (SSSR count). The molecule has 0 aromatic heterocycles. The SMILES string of the molecule is Cc1ccc([N+](=O)[O-])cc1S(=O)(=O)NC[C@@H](C)O. The monoisotopic (exact) mass is 274 g/mol. The Morgan fingerprint density at radius 3 is 2.61 bits per heavy atom. The summed E-state index contributed by atoms with van der Waals surface area (Å²) in [6, 6.07) is 3.61. The Hall–Kier alpha value is -1.51. The van der Waals surface area contributed by atoms with Gasteiger partial charge in [-0.25, -0.2) is 13.1 Å². The molecule has 0 aliphatic rings. The van der Waals surface area contributed by atoms with Crippen molar-refractivity contribution in [1.82, 2.24) is 4.72 Å². The summed E-state index contributed by atoms with van der Waals surface area (Å²) in [5.41, 5.74) is 0.108. The van der Waals surface area contributed by atoms with Gasteiger partial charge in [0.1, 0.15) is 0 Å². The standard InChI is InChI=1S/C10H14N2O5S/c1-7-3-4-9(12(14)15)5-10(7)18(16,17)11-6-8(2)13/h3-5,8,11,13H,6H2,1-2H3/t8-/m1/s1. The first-order chi connectivity index (χ1) is 8.24. The van der Waals surface area contributed by atoms with E-state index in [0.29, 0.717) is 5.56 Å². The fourth-order valence-corrected chi connectivity index (χ4v) is 2.68. The van der Waals surface area contributed by atoms with Crippen LogP contribution in [0.5, 0.6) is 0 Å². The van der Waals surface area contributed by atoms with Crippen LogP contribution in [0.1, 0.15) is 12.5 Å². The summed E-state index contributed by atoms with van der Waals surface area (Å²) in [5, 5.41) is 19.6. The number of nitrogens with zero attached hydrogens (tertiary/aromatic N) is 1. The van der Waals surface area contributed by atoms with Crippen LogP contribution in [0.25, 0.3) is 0 Å². The summed E-state index contributed by atoms with van der Waals surface area (Å²) in [5.74, 6) is 0. The van der Waals surface area contributed by atoms with Gasteiger partial charge in [-0.15, -0.1) is 0 Å². The summed E-state index contributed by atoms with van der Waals surface area (Å²) in [6.07, 6.45) is -0.834. The number of benzene rings is 1. The van der Waals surface area contributed by atoms with Gasteiger partial charge in [-0.1, -0.05) is 6.07 Å². The molecule has 8 heteroatoms. The first kappa shape index (κ1) is 14.6. The molecule has 1 atom stereocenters. The number of rotatable bonds is 5. The zero-order chi connectivity index (χ0) is 13.9. The molecule has 2 N–H and O–H groups in total. The van der Waals surface area contributed by atoms with Crippen molar-refractivity contribution in [3.05, 3.63) is 33.9 Å². The zero-order valence-electron chi connectivity index (χ0n) is 9.95. The maximum atomic E-state index is 11.9. The number of hydrogen-bond donors (Lipinski definition) is 2. The largest absolute Gasteiger partial charge is 0.392 e. The second-order valence-corrected chi connectivity index (χ2v) is 5.64. The van der Waals surface area contributed by atoms with Crippen LogP contribution in [-0.2, 0) is 10.0 Å². The molecule has 18 heavy (non-hydrogen) atoms. The van der Waals surface area contributed by atoms with Gasteiger partial charge < -0.3 is 5.11 Å². The molecule has 0 saturated carbocycles. The molecule has 0 saturated heterocycles. The molecule has 0 spiro atoms. The van der Waals surface area contributed by atoms with E-state index < -0.39 is 21.1 Å². The van der Waals surface area contributed by atoms with Crippen LogP contribution in [0.2, 0.25) is 0 Å². The maximum absolute atomic E-state index is 11.9. The molecule has 7 nitrogen and oxygen atoms in total. The minimum absolute atomic E-state index is 0.148. The molecule has 0 unspecified atom stereocenters. The van der Waals surface area contributed by atoms with E-state index in [0.717, 1.165) is 6.07 Å². The Labute approximate surface area is 105 Å². The van der Waals surface area contributed by atoms with Crippen molar-refractivity contribution in [2.75, 3.05) is 6.54 Å². The number of non-ortho nitro benzene ring substituents is 1. The molecular weight excluding hydrogens is 260 g/mol. The molecular formula is C10H14N2O5S. The third-order valence-corrected chi connectivity index (χ3v) is 3.81. The third-order valence-electron chi connectivity index (χ3n) is 2.24. The maximum Gasteiger partial charge on any atom is 0.270 e. The number of aryl methyl sites for hydroxylation is 1. The molecule has 0 aliphatic heterocycles. The van der Waals surface area contributed by atoms with Gasteiger partial charge in [0.05, 0.1) is 15.9 Å². The average Bonchev–Trinajstić information content (AvgIpc) is 2.26. The number of nitro benzene ring substituents is 1. The summed E-state index contributed by atoms with van der Waals surface area (Å²) in [6.45, 7) is 2.83. The van der Waals surface area contributed by atoms with Crippen molar-refractivity contribution in [3.63, 3.8) is 0 Å². The van der Waals surface area contributed by atoms with Crippen LogP contribution in [0.4, 0.5) is 5.69 Å². The van der Waals surface area contributed by atoms with E-state index in [2.05, 4.69) is 4.72 Å². The van der Waals surface area contributed by atoms with Crippen LogP contribution in [0, 0.1) is 17.0 Å². The van der Waals surface area contributed by atoms with Gasteiger partial charge >= 0.3 is 0 Å². The molecule has 0 aliphatic carbocycles. The number of nitro groups is 1. The number of sulfonamides is 1. The van der Waals surface area contributed by atoms with Gasteiger partial charge in [0.15, 0.2) is 0 Å². The van der Waals surface area contributed by atoms with Gasteiger partial charge in [0, 0.05) is 18.7 Å².